The van der Waals surface area contributed by atoms with Crippen molar-refractivity contribution in [2.45, 2.75) is 38.0 Å². The van der Waals surface area contributed by atoms with Gasteiger partial charge in [-0.05, 0) is 54.2 Å². The van der Waals surface area contributed by atoms with Crippen molar-refractivity contribution in [3.8, 4) is 0 Å². The Hall–Kier alpha value is -3.30. The molecule has 0 bridgehead atoms. The summed E-state index contributed by atoms with van der Waals surface area (Å²) in [6.45, 7) is 2.34. The van der Waals surface area contributed by atoms with Crippen LogP contribution in [0.5, 0.6) is 0 Å². The zero-order valence-corrected chi connectivity index (χ0v) is 20.1. The summed E-state index contributed by atoms with van der Waals surface area (Å²) in [6.07, 6.45) is -2.46. The molecular weight excluding hydrogens is 474 g/mol. The number of amides is 1. The van der Waals surface area contributed by atoms with E-state index in [1.807, 2.05) is 30.3 Å². The molecule has 0 radical (unpaired) electrons. The van der Waals surface area contributed by atoms with Crippen molar-refractivity contribution in [1.82, 2.24) is 15.6 Å². The molecule has 2 atom stereocenters. The fourth-order valence-electron chi connectivity index (χ4n) is 3.83. The second-order valence-corrected chi connectivity index (χ2v) is 8.44. The molecule has 2 aromatic carbocycles. The van der Waals surface area contributed by atoms with Gasteiger partial charge in [-0.25, -0.2) is 4.39 Å². The van der Waals surface area contributed by atoms with Crippen LogP contribution in [0.15, 0.2) is 66.9 Å². The number of nitrogens with one attached hydrogen (secondary N) is 2. The van der Waals surface area contributed by atoms with E-state index in [1.54, 1.807) is 26.2 Å². The van der Waals surface area contributed by atoms with Gasteiger partial charge in [-0.15, -0.1) is 0 Å². The van der Waals surface area contributed by atoms with E-state index in [2.05, 4.69) is 15.6 Å². The van der Waals surface area contributed by atoms with E-state index in [1.165, 1.54) is 18.3 Å². The van der Waals surface area contributed by atoms with Crippen molar-refractivity contribution >= 4 is 5.91 Å². The number of aromatic nitrogens is 1. The van der Waals surface area contributed by atoms with Crippen molar-refractivity contribution < 1.29 is 27.1 Å². The maximum absolute atomic E-state index is 14.0. The molecule has 0 aliphatic carbocycles. The van der Waals surface area contributed by atoms with Crippen LogP contribution in [0, 0.1) is 12.7 Å². The Labute approximate surface area is 207 Å². The molecule has 0 saturated carbocycles. The Bertz CT molecular complexity index is 1120. The third kappa shape index (κ3) is 7.60. The Morgan fingerprint density at radius 2 is 1.81 bits per heavy atom. The Balaban J connectivity index is 1.86. The summed E-state index contributed by atoms with van der Waals surface area (Å²) in [5.41, 5.74) is 1.63. The monoisotopic (exact) mass is 503 g/mol. The predicted octanol–water partition coefficient (Wildman–Crippen LogP) is 5.32. The molecule has 0 aliphatic rings. The van der Waals surface area contributed by atoms with Gasteiger partial charge < -0.3 is 10.1 Å². The summed E-state index contributed by atoms with van der Waals surface area (Å²) in [4.78, 5) is 16.6. The molecule has 0 fully saturated rings. The number of halogens is 4. The number of aryl methyl sites for hydroxylation is 2. The van der Waals surface area contributed by atoms with Crippen LogP contribution in [-0.2, 0) is 22.1 Å². The molecule has 36 heavy (non-hydrogen) atoms. The number of pyridine rings is 1. The highest BCUT2D eigenvalue weighted by Crippen LogP contribution is 2.29. The highest BCUT2D eigenvalue weighted by atomic mass is 19.4. The molecule has 3 rings (SSSR count). The minimum absolute atomic E-state index is 0.252. The average Bonchev–Trinajstić information content (AvgIpc) is 2.86. The molecule has 2 N–H and O–H groups in total. The normalized spacial score (nSPS) is 13.3. The minimum atomic E-state index is -4.51. The first-order chi connectivity index (χ1) is 17.2. The molecule has 3 aromatic rings. The second-order valence-electron chi connectivity index (χ2n) is 8.44. The van der Waals surface area contributed by atoms with Crippen LogP contribution in [0.25, 0.3) is 0 Å². The number of benzene rings is 2. The molecule has 5 nitrogen and oxygen atoms in total. The van der Waals surface area contributed by atoms with Gasteiger partial charge in [-0.2, -0.15) is 13.2 Å². The van der Waals surface area contributed by atoms with Gasteiger partial charge in [0, 0.05) is 25.9 Å². The molecule has 0 spiro atoms. The van der Waals surface area contributed by atoms with Crippen molar-refractivity contribution in [3.63, 3.8) is 0 Å². The van der Waals surface area contributed by atoms with Gasteiger partial charge in [-0.1, -0.05) is 48.5 Å². The standard InChI is InChI=1S/C27H29F4N3O2/c1-18-16-21(10-11-22(18)28)23(12-8-19-9-13-24(33-17-19)27(29,30)31)34-25(20-6-4-3-5-7-20)26(35)32-14-15-36-2/h3-7,9-11,13,16-17,23,25,34H,8,12,14-15H2,1-2H3,(H,32,35)/t23-,25-/m0/s1. The fourth-order valence-corrected chi connectivity index (χ4v) is 3.83. The summed E-state index contributed by atoms with van der Waals surface area (Å²) >= 11 is 0. The van der Waals surface area contributed by atoms with E-state index in [9.17, 15) is 22.4 Å². The zero-order chi connectivity index (χ0) is 26.1. The SMILES string of the molecule is COCCNC(=O)[C@@H](N[C@@H](CCc1ccc(C(F)(F)F)nc1)c1ccc(F)c(C)c1)c1ccccc1. The highest BCUT2D eigenvalue weighted by molar-refractivity contribution is 5.83. The Kier molecular flexibility index (Phi) is 9.55. The van der Waals surface area contributed by atoms with Crippen molar-refractivity contribution in [2.75, 3.05) is 20.3 Å². The number of ether oxygens (including phenoxy) is 1. The summed E-state index contributed by atoms with van der Waals surface area (Å²) in [5, 5.41) is 6.24. The average molecular weight is 504 g/mol. The van der Waals surface area contributed by atoms with Gasteiger partial charge in [0.1, 0.15) is 17.6 Å². The zero-order valence-electron chi connectivity index (χ0n) is 20.1. The summed E-state index contributed by atoms with van der Waals surface area (Å²) in [6, 6.07) is 15.1. The Morgan fingerprint density at radius 3 is 2.42 bits per heavy atom. The quantitative estimate of drug-likeness (QED) is 0.275. The largest absolute Gasteiger partial charge is 0.433 e. The number of nitrogens with zero attached hydrogens (tertiary/aromatic N) is 1. The van der Waals surface area contributed by atoms with Crippen LogP contribution >= 0.6 is 0 Å². The molecule has 1 heterocycles. The third-order valence-corrected chi connectivity index (χ3v) is 5.79. The molecule has 0 saturated heterocycles. The molecule has 192 valence electrons. The Morgan fingerprint density at radius 1 is 1.06 bits per heavy atom. The number of carbonyl (C=O) groups excluding carboxylic acids is 1. The van der Waals surface area contributed by atoms with Crippen LogP contribution in [0.2, 0.25) is 0 Å². The second kappa shape index (κ2) is 12.6. The summed E-state index contributed by atoms with van der Waals surface area (Å²) < 4.78 is 57.6. The van der Waals surface area contributed by atoms with Crippen molar-refractivity contribution in [3.05, 3.63) is 101 Å². The first-order valence-corrected chi connectivity index (χ1v) is 11.5. The van der Waals surface area contributed by atoms with Crippen LogP contribution in [0.1, 0.15) is 46.5 Å². The lowest BCUT2D eigenvalue weighted by atomic mass is 9.95. The lowest BCUT2D eigenvalue weighted by Crippen LogP contribution is -2.40. The van der Waals surface area contributed by atoms with E-state index in [0.29, 0.717) is 37.1 Å². The number of hydrogen-bond donors (Lipinski definition) is 2. The minimum Gasteiger partial charge on any atom is -0.383 e. The van der Waals surface area contributed by atoms with E-state index in [0.717, 1.165) is 17.2 Å². The lowest BCUT2D eigenvalue weighted by molar-refractivity contribution is -0.141. The van der Waals surface area contributed by atoms with Gasteiger partial charge in [0.15, 0.2) is 0 Å². The van der Waals surface area contributed by atoms with E-state index in [-0.39, 0.29) is 11.7 Å². The maximum atomic E-state index is 14.0. The fraction of sp³-hybridized carbons (Fsp3) is 0.333. The van der Waals surface area contributed by atoms with Crippen molar-refractivity contribution in [2.24, 2.45) is 0 Å². The van der Waals surface area contributed by atoms with Crippen LogP contribution < -0.4 is 10.6 Å². The first-order valence-electron chi connectivity index (χ1n) is 11.5. The highest BCUT2D eigenvalue weighted by Gasteiger charge is 2.32. The van der Waals surface area contributed by atoms with E-state index >= 15 is 0 Å². The number of hydrogen-bond acceptors (Lipinski definition) is 4. The number of carbonyl (C=O) groups is 1. The predicted molar refractivity (Wildman–Crippen MR) is 129 cm³/mol. The molecule has 0 unspecified atom stereocenters. The molecule has 9 heteroatoms. The van der Waals surface area contributed by atoms with Gasteiger partial charge in [0.2, 0.25) is 5.91 Å². The van der Waals surface area contributed by atoms with E-state index < -0.39 is 24.0 Å². The van der Waals surface area contributed by atoms with Gasteiger partial charge >= 0.3 is 6.18 Å². The first kappa shape index (κ1) is 27.3. The number of rotatable bonds is 11. The van der Waals surface area contributed by atoms with Crippen LogP contribution in [0.4, 0.5) is 17.6 Å². The maximum Gasteiger partial charge on any atom is 0.433 e. The van der Waals surface area contributed by atoms with Crippen molar-refractivity contribution in [1.29, 1.82) is 0 Å². The summed E-state index contributed by atoms with van der Waals surface area (Å²) in [5.74, 6) is -0.598. The molecular formula is C27H29F4N3O2. The van der Waals surface area contributed by atoms with Gasteiger partial charge in [-0.3, -0.25) is 15.1 Å². The molecule has 0 aliphatic heterocycles. The summed E-state index contributed by atoms with van der Waals surface area (Å²) in [7, 11) is 1.54. The van der Waals surface area contributed by atoms with Crippen LogP contribution in [0.3, 0.4) is 0 Å². The third-order valence-electron chi connectivity index (χ3n) is 5.79. The van der Waals surface area contributed by atoms with Gasteiger partial charge in [0.05, 0.1) is 6.61 Å². The number of alkyl halides is 3. The van der Waals surface area contributed by atoms with Gasteiger partial charge in [0.25, 0.3) is 0 Å². The van der Waals surface area contributed by atoms with Crippen LogP contribution in [-0.4, -0.2) is 31.2 Å². The number of methoxy groups -OCH3 is 1. The van der Waals surface area contributed by atoms with E-state index in [4.69, 9.17) is 4.74 Å². The molecule has 1 aromatic heterocycles. The lowest BCUT2D eigenvalue weighted by Gasteiger charge is -2.27. The topological polar surface area (TPSA) is 63.2 Å². The molecule has 1 amide bonds. The smallest absolute Gasteiger partial charge is 0.383 e.